The van der Waals surface area contributed by atoms with Crippen molar-refractivity contribution in [3.05, 3.63) is 35.4 Å². The molecule has 0 fully saturated rings. The Morgan fingerprint density at radius 3 is 2.39 bits per heavy atom. The largest absolute Gasteiger partial charge is 0.416 e. The summed E-state index contributed by atoms with van der Waals surface area (Å²) in [6, 6.07) is 5.10. The lowest BCUT2D eigenvalue weighted by molar-refractivity contribution is -0.139. The molecule has 1 aromatic carbocycles. The third kappa shape index (κ3) is 3.46. The van der Waals surface area contributed by atoms with Crippen LogP contribution in [0.5, 0.6) is 0 Å². The molecule has 5 heteroatoms. The van der Waals surface area contributed by atoms with E-state index >= 15 is 0 Å². The van der Waals surface area contributed by atoms with Gasteiger partial charge in [-0.1, -0.05) is 31.5 Å². The van der Waals surface area contributed by atoms with E-state index in [4.69, 9.17) is 5.73 Å². The van der Waals surface area contributed by atoms with Gasteiger partial charge in [-0.25, -0.2) is 0 Å². The maximum atomic E-state index is 12.8. The summed E-state index contributed by atoms with van der Waals surface area (Å²) in [5.74, 6) is -0.349. The quantitative estimate of drug-likeness (QED) is 0.855. The Bertz CT molecular complexity index is 379. The van der Waals surface area contributed by atoms with E-state index in [1.807, 2.05) is 6.92 Å². The number of nitrogens with two attached hydrogens (primary N) is 1. The topological polar surface area (TPSA) is 46.2 Å². The highest BCUT2D eigenvalue weighted by atomic mass is 19.4. The molecule has 0 saturated carbocycles. The zero-order valence-corrected chi connectivity index (χ0v) is 10.2. The summed E-state index contributed by atoms with van der Waals surface area (Å²) >= 11 is 0. The highest BCUT2D eigenvalue weighted by Gasteiger charge is 2.35. The molecule has 0 aliphatic carbocycles. The number of rotatable bonds is 5. The Hall–Kier alpha value is -1.07. The zero-order chi connectivity index (χ0) is 13.8. The molecule has 0 saturated heterocycles. The lowest BCUT2D eigenvalue weighted by Gasteiger charge is -2.24. The molecule has 1 aromatic rings. The number of hydrogen-bond acceptors (Lipinski definition) is 2. The molecule has 0 aliphatic rings. The van der Waals surface area contributed by atoms with Gasteiger partial charge in [-0.05, 0) is 24.6 Å². The van der Waals surface area contributed by atoms with Crippen LogP contribution in [-0.4, -0.2) is 11.7 Å². The fourth-order valence-electron chi connectivity index (χ4n) is 2.04. The monoisotopic (exact) mass is 261 g/mol. The van der Waals surface area contributed by atoms with Crippen LogP contribution in [0.4, 0.5) is 13.2 Å². The van der Waals surface area contributed by atoms with Crippen LogP contribution in [0.15, 0.2) is 24.3 Å². The first-order valence-electron chi connectivity index (χ1n) is 5.96. The van der Waals surface area contributed by atoms with E-state index in [1.165, 1.54) is 18.2 Å². The molecule has 0 bridgehead atoms. The number of benzene rings is 1. The molecule has 0 aliphatic heterocycles. The van der Waals surface area contributed by atoms with Gasteiger partial charge in [0.25, 0.3) is 0 Å². The number of halogens is 3. The van der Waals surface area contributed by atoms with Crippen molar-refractivity contribution in [3.63, 3.8) is 0 Å². The van der Waals surface area contributed by atoms with E-state index in [0.29, 0.717) is 6.42 Å². The lowest BCUT2D eigenvalue weighted by atomic mass is 9.89. The molecule has 0 spiro atoms. The average Bonchev–Trinajstić information content (AvgIpc) is 2.34. The van der Waals surface area contributed by atoms with Gasteiger partial charge in [0.1, 0.15) is 0 Å². The second kappa shape index (κ2) is 6.20. The van der Waals surface area contributed by atoms with E-state index < -0.39 is 17.8 Å². The molecule has 3 N–H and O–H groups in total. The average molecular weight is 261 g/mol. The molecule has 2 unspecified atom stereocenters. The predicted octanol–water partition coefficient (Wildman–Crippen LogP) is 3.11. The van der Waals surface area contributed by atoms with Crippen molar-refractivity contribution in [2.45, 2.75) is 32.0 Å². The van der Waals surface area contributed by atoms with Gasteiger partial charge in [0, 0.05) is 5.92 Å². The van der Waals surface area contributed by atoms with Crippen molar-refractivity contribution < 1.29 is 18.3 Å². The maximum Gasteiger partial charge on any atom is 0.416 e. The summed E-state index contributed by atoms with van der Waals surface area (Å²) in [6.45, 7) is 2.08. The summed E-state index contributed by atoms with van der Waals surface area (Å²) in [7, 11) is 0. The first kappa shape index (κ1) is 15.0. The van der Waals surface area contributed by atoms with Crippen molar-refractivity contribution in [3.8, 4) is 0 Å². The van der Waals surface area contributed by atoms with Crippen LogP contribution in [0.2, 0.25) is 0 Å². The fraction of sp³-hybridized carbons (Fsp3) is 0.538. The zero-order valence-electron chi connectivity index (χ0n) is 10.2. The van der Waals surface area contributed by atoms with Crippen LogP contribution in [0.1, 0.15) is 37.0 Å². The first-order valence-corrected chi connectivity index (χ1v) is 5.96. The van der Waals surface area contributed by atoms with Crippen LogP contribution in [0.3, 0.4) is 0 Å². The highest BCUT2D eigenvalue weighted by molar-refractivity contribution is 5.31. The Kier molecular flexibility index (Phi) is 5.16. The minimum atomic E-state index is -4.46. The van der Waals surface area contributed by atoms with Gasteiger partial charge < -0.3 is 10.8 Å². The molecule has 18 heavy (non-hydrogen) atoms. The van der Waals surface area contributed by atoms with Crippen molar-refractivity contribution >= 4 is 0 Å². The molecule has 0 aromatic heterocycles. The SMILES string of the molecule is CCCC(CN)C(O)c1ccccc1C(F)(F)F. The molecular formula is C13H18F3NO. The van der Waals surface area contributed by atoms with E-state index in [9.17, 15) is 18.3 Å². The van der Waals surface area contributed by atoms with Crippen LogP contribution < -0.4 is 5.73 Å². The van der Waals surface area contributed by atoms with Crippen molar-refractivity contribution in [1.29, 1.82) is 0 Å². The van der Waals surface area contributed by atoms with Crippen molar-refractivity contribution in [1.82, 2.24) is 0 Å². The molecule has 2 nitrogen and oxygen atoms in total. The Morgan fingerprint density at radius 2 is 1.89 bits per heavy atom. The third-order valence-electron chi connectivity index (χ3n) is 2.99. The van der Waals surface area contributed by atoms with E-state index in [-0.39, 0.29) is 18.0 Å². The Morgan fingerprint density at radius 1 is 1.28 bits per heavy atom. The number of aliphatic hydroxyl groups excluding tert-OH is 1. The smallest absolute Gasteiger partial charge is 0.388 e. The lowest BCUT2D eigenvalue weighted by Crippen LogP contribution is -2.24. The Labute approximate surface area is 105 Å². The highest BCUT2D eigenvalue weighted by Crippen LogP contribution is 2.37. The minimum Gasteiger partial charge on any atom is -0.388 e. The molecular weight excluding hydrogens is 243 g/mol. The van der Waals surface area contributed by atoms with E-state index in [1.54, 1.807) is 0 Å². The third-order valence-corrected chi connectivity index (χ3v) is 2.99. The van der Waals surface area contributed by atoms with E-state index in [0.717, 1.165) is 12.5 Å². The maximum absolute atomic E-state index is 12.8. The summed E-state index contributed by atoms with van der Waals surface area (Å²) in [4.78, 5) is 0. The van der Waals surface area contributed by atoms with Crippen LogP contribution in [-0.2, 0) is 6.18 Å². The molecule has 1 rings (SSSR count). The number of hydrogen-bond donors (Lipinski definition) is 2. The summed E-state index contributed by atoms with van der Waals surface area (Å²) in [6.07, 6.45) is -4.26. The van der Waals surface area contributed by atoms with Crippen molar-refractivity contribution in [2.75, 3.05) is 6.54 Å². The molecule has 2 atom stereocenters. The van der Waals surface area contributed by atoms with Crippen LogP contribution in [0.25, 0.3) is 0 Å². The van der Waals surface area contributed by atoms with Gasteiger partial charge in [-0.15, -0.1) is 0 Å². The molecule has 0 amide bonds. The minimum absolute atomic E-state index is 0.0890. The second-order valence-electron chi connectivity index (χ2n) is 4.31. The van der Waals surface area contributed by atoms with Crippen LogP contribution >= 0.6 is 0 Å². The van der Waals surface area contributed by atoms with Gasteiger partial charge in [0.15, 0.2) is 0 Å². The van der Waals surface area contributed by atoms with Crippen molar-refractivity contribution in [2.24, 2.45) is 11.7 Å². The summed E-state index contributed by atoms with van der Waals surface area (Å²) in [5, 5.41) is 10.1. The number of alkyl halides is 3. The van der Waals surface area contributed by atoms with E-state index in [2.05, 4.69) is 0 Å². The van der Waals surface area contributed by atoms with Gasteiger partial charge in [-0.2, -0.15) is 13.2 Å². The fourth-order valence-corrected chi connectivity index (χ4v) is 2.04. The van der Waals surface area contributed by atoms with Gasteiger partial charge in [-0.3, -0.25) is 0 Å². The number of aliphatic hydroxyl groups is 1. The van der Waals surface area contributed by atoms with Gasteiger partial charge in [0.2, 0.25) is 0 Å². The summed E-state index contributed by atoms with van der Waals surface area (Å²) < 4.78 is 38.5. The Balaban J connectivity index is 3.08. The molecule has 102 valence electrons. The summed E-state index contributed by atoms with van der Waals surface area (Å²) in [5.41, 5.74) is 4.64. The normalized spacial score (nSPS) is 15.4. The first-order chi connectivity index (χ1) is 8.41. The molecule has 0 radical (unpaired) electrons. The molecule has 0 heterocycles. The standard InChI is InChI=1S/C13H18F3NO/c1-2-5-9(8-17)12(18)10-6-3-4-7-11(10)13(14,15)16/h3-4,6-7,9,12,18H,2,5,8,17H2,1H3. The second-order valence-corrected chi connectivity index (χ2v) is 4.31. The van der Waals surface area contributed by atoms with Gasteiger partial charge in [0.05, 0.1) is 11.7 Å². The van der Waals surface area contributed by atoms with Gasteiger partial charge >= 0.3 is 6.18 Å². The predicted molar refractivity (Wildman–Crippen MR) is 63.9 cm³/mol. The van der Waals surface area contributed by atoms with Crippen LogP contribution in [0, 0.1) is 5.92 Å².